The van der Waals surface area contributed by atoms with Crippen LogP contribution in [0, 0.1) is 0 Å². The van der Waals surface area contributed by atoms with Crippen LogP contribution in [0.3, 0.4) is 0 Å². The van der Waals surface area contributed by atoms with Gasteiger partial charge in [0, 0.05) is 42.5 Å². The van der Waals surface area contributed by atoms with Crippen LogP contribution in [0.4, 0.5) is 0 Å². The fourth-order valence-electron chi connectivity index (χ4n) is 1.88. The van der Waals surface area contributed by atoms with Crippen molar-refractivity contribution in [1.82, 2.24) is 9.88 Å². The first-order valence-electron chi connectivity index (χ1n) is 5.22. The van der Waals surface area contributed by atoms with Crippen LogP contribution in [0.25, 0.3) is 0 Å². The average Bonchev–Trinajstić information content (AvgIpc) is 2.30. The second-order valence-corrected chi connectivity index (χ2v) is 5.08. The first-order valence-corrected chi connectivity index (χ1v) is 6.38. The number of nitrogens with two attached hydrogens (primary N) is 1. The molecule has 0 radical (unpaired) electrons. The van der Waals surface area contributed by atoms with Crippen LogP contribution in [0.1, 0.15) is 11.6 Å². The highest BCUT2D eigenvalue weighted by Gasteiger charge is 2.26. The Morgan fingerprint density at radius 2 is 2.53 bits per heavy atom. The molecule has 3 nitrogen and oxygen atoms in total. The van der Waals surface area contributed by atoms with Gasteiger partial charge in [-0.2, -0.15) is 11.8 Å². The molecule has 1 aromatic heterocycles. The van der Waals surface area contributed by atoms with E-state index in [0.717, 1.165) is 17.9 Å². The van der Waals surface area contributed by atoms with Crippen molar-refractivity contribution in [2.45, 2.75) is 12.1 Å². The number of likely N-dealkylation sites (N-methyl/N-ethyl adjacent to an activating group) is 1. The van der Waals surface area contributed by atoms with Crippen molar-refractivity contribution in [3.63, 3.8) is 0 Å². The Balaban J connectivity index is 2.09. The van der Waals surface area contributed by atoms with Crippen molar-refractivity contribution in [2.24, 2.45) is 5.73 Å². The Morgan fingerprint density at radius 1 is 1.67 bits per heavy atom. The maximum Gasteiger partial charge on any atom is 0.0476 e. The minimum absolute atomic E-state index is 0.0801. The van der Waals surface area contributed by atoms with Crippen LogP contribution in [0.5, 0.6) is 0 Å². The van der Waals surface area contributed by atoms with Gasteiger partial charge in [-0.1, -0.05) is 6.07 Å². The van der Waals surface area contributed by atoms with E-state index in [9.17, 15) is 0 Å². The molecule has 82 valence electrons. The number of hydrogen-bond donors (Lipinski definition) is 1. The third-order valence-corrected chi connectivity index (χ3v) is 3.98. The summed E-state index contributed by atoms with van der Waals surface area (Å²) < 4.78 is 0. The normalized spacial score (nSPS) is 25.1. The van der Waals surface area contributed by atoms with E-state index in [2.05, 4.69) is 23.0 Å². The van der Waals surface area contributed by atoms with Gasteiger partial charge in [0.05, 0.1) is 0 Å². The number of thioether (sulfide) groups is 1. The number of hydrogen-bond acceptors (Lipinski definition) is 4. The second-order valence-electron chi connectivity index (χ2n) is 3.94. The quantitative estimate of drug-likeness (QED) is 0.816. The summed E-state index contributed by atoms with van der Waals surface area (Å²) in [5, 5.41) is 0. The molecule has 1 aliphatic heterocycles. The van der Waals surface area contributed by atoms with Gasteiger partial charge >= 0.3 is 0 Å². The molecule has 1 aromatic rings. The highest BCUT2D eigenvalue weighted by molar-refractivity contribution is 7.99. The van der Waals surface area contributed by atoms with Crippen molar-refractivity contribution in [3.8, 4) is 0 Å². The van der Waals surface area contributed by atoms with Crippen molar-refractivity contribution < 1.29 is 0 Å². The summed E-state index contributed by atoms with van der Waals surface area (Å²) in [4.78, 5) is 6.48. The fraction of sp³-hybridized carbons (Fsp3) is 0.545. The van der Waals surface area contributed by atoms with Crippen LogP contribution < -0.4 is 5.73 Å². The van der Waals surface area contributed by atoms with Gasteiger partial charge in [0.1, 0.15) is 0 Å². The lowest BCUT2D eigenvalue weighted by Gasteiger charge is -2.36. The molecule has 1 saturated heterocycles. The van der Waals surface area contributed by atoms with Crippen LogP contribution in [0.2, 0.25) is 0 Å². The van der Waals surface area contributed by atoms with E-state index in [4.69, 9.17) is 5.73 Å². The lowest BCUT2D eigenvalue weighted by Crippen LogP contribution is -2.46. The summed E-state index contributed by atoms with van der Waals surface area (Å²) in [5.41, 5.74) is 7.40. The highest BCUT2D eigenvalue weighted by atomic mass is 32.2. The third-order valence-electron chi connectivity index (χ3n) is 2.93. The zero-order valence-corrected chi connectivity index (χ0v) is 9.78. The Kier molecular flexibility index (Phi) is 3.61. The number of nitrogens with zero attached hydrogens (tertiary/aromatic N) is 2. The summed E-state index contributed by atoms with van der Waals surface area (Å²) in [5.74, 6) is 2.33. The Hall–Kier alpha value is -0.580. The summed E-state index contributed by atoms with van der Waals surface area (Å²) in [6.45, 7) is 1.13. The molecule has 2 atom stereocenters. The summed E-state index contributed by atoms with van der Waals surface area (Å²) in [7, 11) is 2.15. The molecular weight excluding hydrogens is 206 g/mol. The van der Waals surface area contributed by atoms with Crippen LogP contribution in [-0.2, 0) is 0 Å². The van der Waals surface area contributed by atoms with Gasteiger partial charge in [-0.25, -0.2) is 0 Å². The minimum atomic E-state index is 0.0801. The molecule has 0 amide bonds. The zero-order valence-electron chi connectivity index (χ0n) is 8.97. The number of pyridine rings is 1. The fourth-order valence-corrected chi connectivity index (χ4v) is 3.17. The maximum atomic E-state index is 6.27. The predicted molar refractivity (Wildman–Crippen MR) is 64.9 cm³/mol. The first kappa shape index (κ1) is 10.9. The SMILES string of the molecule is CN1CCSCC1C(N)c1cccnc1. The van der Waals surface area contributed by atoms with Crippen LogP contribution in [0.15, 0.2) is 24.5 Å². The maximum absolute atomic E-state index is 6.27. The Bertz CT molecular complexity index is 304. The molecule has 4 heteroatoms. The topological polar surface area (TPSA) is 42.1 Å². The summed E-state index contributed by atoms with van der Waals surface area (Å²) in [6, 6.07) is 4.53. The molecule has 0 spiro atoms. The Labute approximate surface area is 95.1 Å². The lowest BCUT2D eigenvalue weighted by molar-refractivity contribution is 0.237. The van der Waals surface area contributed by atoms with Crippen molar-refractivity contribution in [1.29, 1.82) is 0 Å². The largest absolute Gasteiger partial charge is 0.323 e. The molecule has 2 rings (SSSR count). The second kappa shape index (κ2) is 4.96. The molecule has 2 unspecified atom stereocenters. The molecular formula is C11H17N3S. The standard InChI is InChI=1S/C11H17N3S/c1-14-5-6-15-8-10(14)11(12)9-3-2-4-13-7-9/h2-4,7,10-11H,5-6,8,12H2,1H3. The molecule has 1 aliphatic rings. The van der Waals surface area contributed by atoms with E-state index < -0.39 is 0 Å². The van der Waals surface area contributed by atoms with E-state index in [1.807, 2.05) is 24.0 Å². The smallest absolute Gasteiger partial charge is 0.0476 e. The van der Waals surface area contributed by atoms with Crippen LogP contribution >= 0.6 is 11.8 Å². The average molecular weight is 223 g/mol. The van der Waals surface area contributed by atoms with E-state index in [0.29, 0.717) is 6.04 Å². The molecule has 2 N–H and O–H groups in total. The van der Waals surface area contributed by atoms with E-state index in [1.54, 1.807) is 6.20 Å². The van der Waals surface area contributed by atoms with Crippen molar-refractivity contribution in [2.75, 3.05) is 25.1 Å². The Morgan fingerprint density at radius 3 is 3.20 bits per heavy atom. The van der Waals surface area contributed by atoms with Gasteiger partial charge in [-0.3, -0.25) is 9.88 Å². The third kappa shape index (κ3) is 2.51. The highest BCUT2D eigenvalue weighted by Crippen LogP contribution is 2.24. The first-order chi connectivity index (χ1) is 7.29. The molecule has 2 heterocycles. The van der Waals surface area contributed by atoms with E-state index >= 15 is 0 Å². The van der Waals surface area contributed by atoms with Gasteiger partial charge < -0.3 is 5.73 Å². The van der Waals surface area contributed by atoms with Gasteiger partial charge in [-0.15, -0.1) is 0 Å². The predicted octanol–water partition coefficient (Wildman–Crippen LogP) is 1.13. The molecule has 0 aromatic carbocycles. The van der Waals surface area contributed by atoms with Crippen LogP contribution in [-0.4, -0.2) is 41.0 Å². The zero-order chi connectivity index (χ0) is 10.7. The molecule has 15 heavy (non-hydrogen) atoms. The molecule has 0 saturated carbocycles. The number of aromatic nitrogens is 1. The van der Waals surface area contributed by atoms with E-state index in [1.165, 1.54) is 5.75 Å². The van der Waals surface area contributed by atoms with Crippen molar-refractivity contribution >= 4 is 11.8 Å². The molecule has 1 fully saturated rings. The van der Waals surface area contributed by atoms with E-state index in [-0.39, 0.29) is 6.04 Å². The summed E-state index contributed by atoms with van der Waals surface area (Å²) in [6.07, 6.45) is 3.66. The van der Waals surface area contributed by atoms with Gasteiger partial charge in [0.25, 0.3) is 0 Å². The number of rotatable bonds is 2. The molecule has 0 aliphatic carbocycles. The van der Waals surface area contributed by atoms with Gasteiger partial charge in [0.15, 0.2) is 0 Å². The van der Waals surface area contributed by atoms with Gasteiger partial charge in [0.2, 0.25) is 0 Å². The van der Waals surface area contributed by atoms with Crippen molar-refractivity contribution in [3.05, 3.63) is 30.1 Å². The van der Waals surface area contributed by atoms with Gasteiger partial charge in [-0.05, 0) is 18.7 Å². The molecule has 0 bridgehead atoms. The lowest BCUT2D eigenvalue weighted by atomic mass is 10.0. The monoisotopic (exact) mass is 223 g/mol. The minimum Gasteiger partial charge on any atom is -0.323 e. The summed E-state index contributed by atoms with van der Waals surface area (Å²) >= 11 is 1.99.